The summed E-state index contributed by atoms with van der Waals surface area (Å²) in [7, 11) is 0. The van der Waals surface area contributed by atoms with Crippen LogP contribution in [0.3, 0.4) is 0 Å². The molecule has 0 spiro atoms. The lowest BCUT2D eigenvalue weighted by Gasteiger charge is -2.31. The first-order valence-electron chi connectivity index (χ1n) is 8.19. The van der Waals surface area contributed by atoms with Gasteiger partial charge in [-0.3, -0.25) is 0 Å². The van der Waals surface area contributed by atoms with E-state index in [2.05, 4.69) is 42.7 Å². The summed E-state index contributed by atoms with van der Waals surface area (Å²) < 4.78 is 0. The molecule has 2 heterocycles. The number of hydrogen-bond acceptors (Lipinski definition) is 3. The number of thiophene rings is 2. The Morgan fingerprint density at radius 2 is 2.10 bits per heavy atom. The van der Waals surface area contributed by atoms with E-state index in [1.54, 1.807) is 15.3 Å². The molecule has 0 aromatic carbocycles. The molecule has 21 heavy (non-hydrogen) atoms. The molecule has 0 aliphatic heterocycles. The van der Waals surface area contributed by atoms with E-state index >= 15 is 0 Å². The van der Waals surface area contributed by atoms with Crippen LogP contribution in [0.4, 0.5) is 0 Å². The monoisotopic (exact) mass is 319 g/mol. The Balaban J connectivity index is 1.79. The van der Waals surface area contributed by atoms with Gasteiger partial charge in [-0.05, 0) is 67.8 Å². The van der Waals surface area contributed by atoms with Crippen LogP contribution in [-0.2, 0) is 19.3 Å². The van der Waals surface area contributed by atoms with E-state index in [0.717, 1.165) is 13.0 Å². The Kier molecular flexibility index (Phi) is 5.15. The molecule has 1 nitrogen and oxygen atoms in total. The van der Waals surface area contributed by atoms with Gasteiger partial charge in [0.25, 0.3) is 0 Å². The number of aryl methyl sites for hydroxylation is 2. The molecule has 2 aromatic heterocycles. The van der Waals surface area contributed by atoms with Gasteiger partial charge in [-0.25, -0.2) is 0 Å². The van der Waals surface area contributed by atoms with Crippen molar-refractivity contribution >= 4 is 22.7 Å². The van der Waals surface area contributed by atoms with Gasteiger partial charge in [-0.15, -0.1) is 22.7 Å². The lowest BCUT2D eigenvalue weighted by molar-refractivity contribution is 0.400. The highest BCUT2D eigenvalue weighted by Crippen LogP contribution is 2.38. The molecule has 2 atom stereocenters. The molecule has 3 heteroatoms. The van der Waals surface area contributed by atoms with Crippen molar-refractivity contribution in [2.24, 2.45) is 0 Å². The molecular formula is C18H25NS2. The van der Waals surface area contributed by atoms with Crippen LogP contribution in [0, 0.1) is 0 Å². The van der Waals surface area contributed by atoms with Gasteiger partial charge in [0.05, 0.1) is 0 Å². The fourth-order valence-electron chi connectivity index (χ4n) is 3.50. The number of nitrogens with one attached hydrogen (secondary N) is 1. The van der Waals surface area contributed by atoms with Crippen molar-refractivity contribution in [3.8, 4) is 0 Å². The molecule has 3 rings (SSSR count). The molecule has 2 unspecified atom stereocenters. The number of rotatable bonds is 6. The molecule has 0 bridgehead atoms. The minimum atomic E-state index is 0.590. The van der Waals surface area contributed by atoms with Gasteiger partial charge in [0.15, 0.2) is 0 Å². The second-order valence-electron chi connectivity index (χ2n) is 5.89. The Morgan fingerprint density at radius 1 is 1.24 bits per heavy atom. The summed E-state index contributed by atoms with van der Waals surface area (Å²) in [6, 6.07) is 7.61. The Hall–Kier alpha value is -0.640. The average Bonchev–Trinajstić information content (AvgIpc) is 3.15. The highest BCUT2D eigenvalue weighted by atomic mass is 32.1. The standard InChI is InChI=1S/C18H25NS2/c1-3-13-8-9-14(21-13)12-17(19-4-2)15-6-5-7-18-16(15)10-11-20-18/h8-11,15,17,19H,3-7,12H2,1-2H3. The summed E-state index contributed by atoms with van der Waals surface area (Å²) in [5.74, 6) is 0.701. The highest BCUT2D eigenvalue weighted by molar-refractivity contribution is 7.12. The first kappa shape index (κ1) is 15.3. The van der Waals surface area contributed by atoms with Gasteiger partial charge < -0.3 is 5.32 Å². The third kappa shape index (κ3) is 3.41. The summed E-state index contributed by atoms with van der Waals surface area (Å²) in [4.78, 5) is 4.69. The fraction of sp³-hybridized carbons (Fsp3) is 0.556. The lowest BCUT2D eigenvalue weighted by Crippen LogP contribution is -2.37. The molecule has 1 aliphatic carbocycles. The molecule has 0 saturated carbocycles. The van der Waals surface area contributed by atoms with Crippen LogP contribution < -0.4 is 5.32 Å². The van der Waals surface area contributed by atoms with Crippen molar-refractivity contribution < 1.29 is 0 Å². The van der Waals surface area contributed by atoms with E-state index in [1.165, 1.54) is 30.6 Å². The third-order valence-electron chi connectivity index (χ3n) is 4.54. The average molecular weight is 320 g/mol. The van der Waals surface area contributed by atoms with Crippen LogP contribution in [0.1, 0.15) is 52.8 Å². The van der Waals surface area contributed by atoms with E-state index in [0.29, 0.717) is 12.0 Å². The topological polar surface area (TPSA) is 12.0 Å². The smallest absolute Gasteiger partial charge is 0.0184 e. The minimum absolute atomic E-state index is 0.590. The molecule has 0 fully saturated rings. The molecule has 0 amide bonds. The summed E-state index contributed by atoms with van der Waals surface area (Å²) in [5.41, 5.74) is 1.63. The fourth-order valence-corrected chi connectivity index (χ4v) is 5.51. The van der Waals surface area contributed by atoms with E-state index in [4.69, 9.17) is 0 Å². The molecule has 2 aromatic rings. The molecule has 114 valence electrons. The van der Waals surface area contributed by atoms with Crippen LogP contribution in [-0.4, -0.2) is 12.6 Å². The second kappa shape index (κ2) is 7.08. The number of hydrogen-bond donors (Lipinski definition) is 1. The zero-order chi connectivity index (χ0) is 14.7. The largest absolute Gasteiger partial charge is 0.313 e. The van der Waals surface area contributed by atoms with Crippen molar-refractivity contribution in [3.05, 3.63) is 43.8 Å². The zero-order valence-electron chi connectivity index (χ0n) is 13.0. The number of likely N-dealkylation sites (N-methyl/N-ethyl adjacent to an activating group) is 1. The predicted octanol–water partition coefficient (Wildman–Crippen LogP) is 5.01. The van der Waals surface area contributed by atoms with Crippen molar-refractivity contribution in [2.75, 3.05) is 6.54 Å². The predicted molar refractivity (Wildman–Crippen MR) is 94.9 cm³/mol. The lowest BCUT2D eigenvalue weighted by atomic mass is 9.81. The van der Waals surface area contributed by atoms with Crippen LogP contribution in [0.25, 0.3) is 0 Å². The van der Waals surface area contributed by atoms with Crippen molar-refractivity contribution in [2.45, 2.75) is 57.9 Å². The maximum Gasteiger partial charge on any atom is 0.0184 e. The Morgan fingerprint density at radius 3 is 2.86 bits per heavy atom. The quantitative estimate of drug-likeness (QED) is 0.789. The highest BCUT2D eigenvalue weighted by Gasteiger charge is 2.28. The van der Waals surface area contributed by atoms with Crippen molar-refractivity contribution in [3.63, 3.8) is 0 Å². The Labute approximate surface area is 136 Å². The van der Waals surface area contributed by atoms with E-state index in [9.17, 15) is 0 Å². The van der Waals surface area contributed by atoms with Gasteiger partial charge in [0.2, 0.25) is 0 Å². The Bertz CT molecular complexity index is 569. The summed E-state index contributed by atoms with van der Waals surface area (Å²) >= 11 is 3.95. The van der Waals surface area contributed by atoms with Gasteiger partial charge in [0, 0.05) is 26.6 Å². The first-order chi connectivity index (χ1) is 10.3. The number of fused-ring (bicyclic) bond motifs is 1. The van der Waals surface area contributed by atoms with Crippen molar-refractivity contribution in [1.29, 1.82) is 0 Å². The summed E-state index contributed by atoms with van der Waals surface area (Å²) in [6.07, 6.45) is 6.33. The van der Waals surface area contributed by atoms with E-state index in [1.807, 2.05) is 22.7 Å². The van der Waals surface area contributed by atoms with Crippen LogP contribution in [0.2, 0.25) is 0 Å². The van der Waals surface area contributed by atoms with E-state index < -0.39 is 0 Å². The van der Waals surface area contributed by atoms with Crippen LogP contribution >= 0.6 is 22.7 Å². The molecular weight excluding hydrogens is 294 g/mol. The minimum Gasteiger partial charge on any atom is -0.313 e. The van der Waals surface area contributed by atoms with Crippen LogP contribution in [0.15, 0.2) is 23.6 Å². The maximum atomic E-state index is 3.77. The van der Waals surface area contributed by atoms with Gasteiger partial charge in [0.1, 0.15) is 0 Å². The summed E-state index contributed by atoms with van der Waals surface area (Å²) in [5, 5.41) is 6.05. The van der Waals surface area contributed by atoms with Crippen LogP contribution in [0.5, 0.6) is 0 Å². The first-order valence-corrected chi connectivity index (χ1v) is 9.88. The van der Waals surface area contributed by atoms with Gasteiger partial charge in [-0.2, -0.15) is 0 Å². The SMILES string of the molecule is CCNC(Cc1ccc(CC)s1)C1CCCc2sccc21. The molecule has 1 N–H and O–H groups in total. The van der Waals surface area contributed by atoms with Crippen molar-refractivity contribution in [1.82, 2.24) is 5.32 Å². The zero-order valence-corrected chi connectivity index (χ0v) is 14.7. The van der Waals surface area contributed by atoms with Gasteiger partial charge in [-0.1, -0.05) is 13.8 Å². The normalized spacial score (nSPS) is 19.4. The van der Waals surface area contributed by atoms with Gasteiger partial charge >= 0.3 is 0 Å². The third-order valence-corrected chi connectivity index (χ3v) is 6.79. The summed E-state index contributed by atoms with van der Waals surface area (Å²) in [6.45, 7) is 5.54. The maximum absolute atomic E-state index is 3.77. The van der Waals surface area contributed by atoms with E-state index in [-0.39, 0.29) is 0 Å². The second-order valence-corrected chi connectivity index (χ2v) is 8.14. The molecule has 0 radical (unpaired) electrons. The molecule has 0 saturated heterocycles. The molecule has 1 aliphatic rings.